The summed E-state index contributed by atoms with van der Waals surface area (Å²) in [6.45, 7) is 4.42. The molecule has 3 aromatic rings. The molecule has 1 fully saturated rings. The average molecular weight is 324 g/mol. The molecule has 1 aliphatic heterocycles. The van der Waals surface area contributed by atoms with Crippen molar-refractivity contribution in [3.63, 3.8) is 0 Å². The number of halogens is 1. The standard InChI is InChI=1S/C19H21FN4/c1-11-7-14(8-12(2)23-11)19-22-10-17-18(24-19)16(9-21-17)13-3-5-15(20)6-4-13/h3-6,9-12,14,21,23H,7-8H2,1-2H3. The fourth-order valence-electron chi connectivity index (χ4n) is 3.75. The van der Waals surface area contributed by atoms with Crippen molar-refractivity contribution in [2.24, 2.45) is 0 Å². The minimum Gasteiger partial charge on any atom is -0.358 e. The Kier molecular flexibility index (Phi) is 3.81. The molecular formula is C19H21FN4. The zero-order valence-electron chi connectivity index (χ0n) is 13.9. The maximum atomic E-state index is 13.2. The monoisotopic (exact) mass is 324 g/mol. The quantitative estimate of drug-likeness (QED) is 0.749. The highest BCUT2D eigenvalue weighted by Crippen LogP contribution is 2.31. The molecule has 1 aromatic carbocycles. The maximum Gasteiger partial charge on any atom is 0.132 e. The predicted octanol–water partition coefficient (Wildman–Crippen LogP) is 4.01. The van der Waals surface area contributed by atoms with E-state index in [1.165, 1.54) is 12.1 Å². The number of aromatic amines is 1. The molecule has 2 atom stereocenters. The Balaban J connectivity index is 1.74. The number of fused-ring (bicyclic) bond motifs is 1. The van der Waals surface area contributed by atoms with Gasteiger partial charge in [-0.15, -0.1) is 0 Å². The third-order valence-electron chi connectivity index (χ3n) is 4.80. The van der Waals surface area contributed by atoms with Crippen LogP contribution in [0.3, 0.4) is 0 Å². The van der Waals surface area contributed by atoms with Gasteiger partial charge in [0.1, 0.15) is 11.6 Å². The SMILES string of the molecule is CC1CC(c2ncc3[nH]cc(-c4ccc(F)cc4)c3n2)CC(C)N1. The van der Waals surface area contributed by atoms with Gasteiger partial charge in [-0.2, -0.15) is 0 Å². The highest BCUT2D eigenvalue weighted by atomic mass is 19.1. The molecule has 4 rings (SSSR count). The van der Waals surface area contributed by atoms with Crippen molar-refractivity contribution in [1.82, 2.24) is 20.3 Å². The molecular weight excluding hydrogens is 303 g/mol. The van der Waals surface area contributed by atoms with Gasteiger partial charge in [-0.25, -0.2) is 14.4 Å². The number of nitrogens with one attached hydrogen (secondary N) is 2. The first kappa shape index (κ1) is 15.3. The number of benzene rings is 1. The van der Waals surface area contributed by atoms with Crippen LogP contribution in [0, 0.1) is 5.82 Å². The third-order valence-corrected chi connectivity index (χ3v) is 4.80. The van der Waals surface area contributed by atoms with Gasteiger partial charge in [0.2, 0.25) is 0 Å². The number of aromatic nitrogens is 3. The van der Waals surface area contributed by atoms with Crippen molar-refractivity contribution in [2.45, 2.75) is 44.7 Å². The number of hydrogen-bond acceptors (Lipinski definition) is 3. The van der Waals surface area contributed by atoms with Crippen LogP contribution in [0.25, 0.3) is 22.2 Å². The van der Waals surface area contributed by atoms with E-state index in [0.29, 0.717) is 18.0 Å². The topological polar surface area (TPSA) is 53.6 Å². The molecule has 0 radical (unpaired) electrons. The Hall–Kier alpha value is -2.27. The summed E-state index contributed by atoms with van der Waals surface area (Å²) < 4.78 is 13.2. The lowest BCUT2D eigenvalue weighted by Gasteiger charge is -2.32. The summed E-state index contributed by atoms with van der Waals surface area (Å²) in [4.78, 5) is 12.7. The first-order valence-electron chi connectivity index (χ1n) is 8.46. The molecule has 4 nitrogen and oxygen atoms in total. The maximum absolute atomic E-state index is 13.2. The van der Waals surface area contributed by atoms with Crippen LogP contribution in [-0.2, 0) is 0 Å². The van der Waals surface area contributed by atoms with Crippen molar-refractivity contribution >= 4 is 11.0 Å². The Bertz CT molecular complexity index is 845. The van der Waals surface area contributed by atoms with Crippen LogP contribution in [0.4, 0.5) is 4.39 Å². The van der Waals surface area contributed by atoms with E-state index >= 15 is 0 Å². The zero-order valence-corrected chi connectivity index (χ0v) is 13.9. The van der Waals surface area contributed by atoms with Gasteiger partial charge in [0.25, 0.3) is 0 Å². The minimum absolute atomic E-state index is 0.230. The molecule has 3 heterocycles. The molecule has 124 valence electrons. The second kappa shape index (κ2) is 5.98. The number of piperidine rings is 1. The summed E-state index contributed by atoms with van der Waals surface area (Å²) in [5.41, 5.74) is 3.77. The highest BCUT2D eigenvalue weighted by molar-refractivity contribution is 5.91. The third kappa shape index (κ3) is 2.80. The summed E-state index contributed by atoms with van der Waals surface area (Å²) in [6, 6.07) is 7.48. The average Bonchev–Trinajstić information content (AvgIpc) is 2.98. The highest BCUT2D eigenvalue weighted by Gasteiger charge is 2.26. The molecule has 1 saturated heterocycles. The van der Waals surface area contributed by atoms with Gasteiger partial charge in [0, 0.05) is 29.8 Å². The van der Waals surface area contributed by atoms with E-state index in [1.807, 2.05) is 12.4 Å². The minimum atomic E-state index is -0.230. The number of hydrogen-bond donors (Lipinski definition) is 2. The van der Waals surface area contributed by atoms with Crippen LogP contribution in [0.2, 0.25) is 0 Å². The van der Waals surface area contributed by atoms with Gasteiger partial charge in [0.15, 0.2) is 0 Å². The molecule has 2 aromatic heterocycles. The van der Waals surface area contributed by atoms with E-state index in [-0.39, 0.29) is 5.82 Å². The lowest BCUT2D eigenvalue weighted by Crippen LogP contribution is -2.41. The fraction of sp³-hybridized carbons (Fsp3) is 0.368. The smallest absolute Gasteiger partial charge is 0.132 e. The second-order valence-electron chi connectivity index (χ2n) is 6.84. The fourth-order valence-corrected chi connectivity index (χ4v) is 3.75. The summed E-state index contributed by atoms with van der Waals surface area (Å²) in [5, 5.41) is 3.56. The Labute approximate surface area is 140 Å². The first-order valence-corrected chi connectivity index (χ1v) is 8.46. The lowest BCUT2D eigenvalue weighted by atomic mass is 9.88. The molecule has 2 unspecified atom stereocenters. The molecule has 5 heteroatoms. The van der Waals surface area contributed by atoms with E-state index in [9.17, 15) is 4.39 Å². The molecule has 24 heavy (non-hydrogen) atoms. The Morgan fingerprint density at radius 2 is 1.79 bits per heavy atom. The Morgan fingerprint density at radius 1 is 1.08 bits per heavy atom. The van der Waals surface area contributed by atoms with Gasteiger partial charge in [-0.3, -0.25) is 0 Å². The van der Waals surface area contributed by atoms with E-state index < -0.39 is 0 Å². The van der Waals surface area contributed by atoms with Crippen molar-refractivity contribution in [2.75, 3.05) is 0 Å². The number of H-pyrrole nitrogens is 1. The molecule has 0 bridgehead atoms. The van der Waals surface area contributed by atoms with Gasteiger partial charge >= 0.3 is 0 Å². The van der Waals surface area contributed by atoms with Crippen LogP contribution < -0.4 is 5.32 Å². The predicted molar refractivity (Wildman–Crippen MR) is 93.3 cm³/mol. The number of rotatable bonds is 2. The molecule has 1 aliphatic rings. The molecule has 2 N–H and O–H groups in total. The number of nitrogens with zero attached hydrogens (tertiary/aromatic N) is 2. The van der Waals surface area contributed by atoms with Crippen LogP contribution >= 0.6 is 0 Å². The van der Waals surface area contributed by atoms with Gasteiger partial charge in [-0.1, -0.05) is 12.1 Å². The normalized spacial score (nSPS) is 24.4. The summed E-state index contributed by atoms with van der Waals surface area (Å²) in [5.74, 6) is 1.05. The van der Waals surface area contributed by atoms with E-state index in [0.717, 1.165) is 40.8 Å². The van der Waals surface area contributed by atoms with Gasteiger partial charge in [0.05, 0.1) is 17.2 Å². The molecule has 0 aliphatic carbocycles. The summed E-state index contributed by atoms with van der Waals surface area (Å²) in [6.07, 6.45) is 5.88. The zero-order chi connectivity index (χ0) is 16.7. The van der Waals surface area contributed by atoms with Crippen LogP contribution in [-0.4, -0.2) is 27.0 Å². The van der Waals surface area contributed by atoms with Crippen molar-refractivity contribution in [1.29, 1.82) is 0 Å². The van der Waals surface area contributed by atoms with Crippen molar-refractivity contribution < 1.29 is 4.39 Å². The van der Waals surface area contributed by atoms with E-state index in [2.05, 4.69) is 29.1 Å². The van der Waals surface area contributed by atoms with Crippen LogP contribution in [0.1, 0.15) is 38.4 Å². The largest absolute Gasteiger partial charge is 0.358 e. The van der Waals surface area contributed by atoms with E-state index in [1.54, 1.807) is 12.1 Å². The molecule has 0 saturated carbocycles. The first-order chi connectivity index (χ1) is 11.6. The summed E-state index contributed by atoms with van der Waals surface area (Å²) >= 11 is 0. The molecule has 0 spiro atoms. The van der Waals surface area contributed by atoms with Gasteiger partial charge < -0.3 is 10.3 Å². The second-order valence-corrected chi connectivity index (χ2v) is 6.84. The Morgan fingerprint density at radius 3 is 2.50 bits per heavy atom. The van der Waals surface area contributed by atoms with Crippen LogP contribution in [0.15, 0.2) is 36.7 Å². The lowest BCUT2D eigenvalue weighted by molar-refractivity contribution is 0.310. The van der Waals surface area contributed by atoms with Crippen molar-refractivity contribution in [3.8, 4) is 11.1 Å². The van der Waals surface area contributed by atoms with Crippen LogP contribution in [0.5, 0.6) is 0 Å². The summed E-state index contributed by atoms with van der Waals surface area (Å²) in [7, 11) is 0. The van der Waals surface area contributed by atoms with Gasteiger partial charge in [-0.05, 0) is 44.4 Å². The molecule has 0 amide bonds. The van der Waals surface area contributed by atoms with Crippen molar-refractivity contribution in [3.05, 3.63) is 48.3 Å². The van der Waals surface area contributed by atoms with E-state index in [4.69, 9.17) is 4.98 Å².